The first-order valence-electron chi connectivity index (χ1n) is 10.5. The van der Waals surface area contributed by atoms with E-state index in [1.54, 1.807) is 29.2 Å². The van der Waals surface area contributed by atoms with Crippen molar-refractivity contribution in [1.29, 1.82) is 0 Å². The lowest BCUT2D eigenvalue weighted by Gasteiger charge is -2.39. The van der Waals surface area contributed by atoms with E-state index in [4.69, 9.17) is 62.7 Å². The predicted molar refractivity (Wildman–Crippen MR) is 137 cm³/mol. The lowest BCUT2D eigenvalue weighted by atomic mass is 10.1. The average Bonchev–Trinajstić information content (AvgIpc) is 3.33. The molecule has 0 aromatic heterocycles. The maximum Gasteiger partial charge on any atom is 0.253 e. The van der Waals surface area contributed by atoms with E-state index < -0.39 is 28.0 Å². The molecule has 2 fully saturated rings. The smallest absolute Gasteiger partial charge is 0.253 e. The van der Waals surface area contributed by atoms with Gasteiger partial charge in [-0.25, -0.2) is 0 Å². The lowest BCUT2D eigenvalue weighted by Crippen LogP contribution is -2.61. The number of methoxy groups -OCH3 is 1. The van der Waals surface area contributed by atoms with Gasteiger partial charge in [0.05, 0.1) is 22.5 Å². The van der Waals surface area contributed by atoms with Crippen LogP contribution in [-0.2, 0) is 14.3 Å². The second kappa shape index (κ2) is 10.3. The van der Waals surface area contributed by atoms with Crippen molar-refractivity contribution in [2.24, 2.45) is 5.92 Å². The first-order valence-corrected chi connectivity index (χ1v) is 12.4. The van der Waals surface area contributed by atoms with Gasteiger partial charge >= 0.3 is 0 Å². The Hall–Kier alpha value is -1.74. The molecule has 0 unspecified atom stereocenters. The zero-order chi connectivity index (χ0) is 25.5. The van der Waals surface area contributed by atoms with E-state index in [9.17, 15) is 14.4 Å². The van der Waals surface area contributed by atoms with Gasteiger partial charge in [-0.2, -0.15) is 0 Å². The number of carbonyl (C=O) groups excluding carboxylic acids is 3. The molecule has 0 spiro atoms. The van der Waals surface area contributed by atoms with Gasteiger partial charge in [-0.05, 0) is 42.0 Å². The summed E-state index contributed by atoms with van der Waals surface area (Å²) in [5.74, 6) is -2.24. The van der Waals surface area contributed by atoms with Crippen molar-refractivity contribution in [2.45, 2.75) is 16.3 Å². The van der Waals surface area contributed by atoms with Crippen LogP contribution in [-0.4, -0.2) is 59.8 Å². The van der Waals surface area contributed by atoms with Crippen molar-refractivity contribution in [3.05, 3.63) is 62.6 Å². The molecule has 1 aliphatic heterocycles. The molecule has 35 heavy (non-hydrogen) atoms. The van der Waals surface area contributed by atoms with Crippen molar-refractivity contribution >= 4 is 81.4 Å². The summed E-state index contributed by atoms with van der Waals surface area (Å²) in [7, 11) is 1.45. The Morgan fingerprint density at radius 1 is 1.06 bits per heavy atom. The fraction of sp³-hybridized carbons (Fsp3) is 0.348. The van der Waals surface area contributed by atoms with Crippen LogP contribution in [0.1, 0.15) is 21.8 Å². The predicted octanol–water partition coefficient (Wildman–Crippen LogP) is 4.76. The molecule has 0 radical (unpaired) electrons. The topological polar surface area (TPSA) is 87.7 Å². The first kappa shape index (κ1) is 26.3. The third kappa shape index (κ3) is 5.66. The van der Waals surface area contributed by atoms with Crippen LogP contribution in [0.3, 0.4) is 0 Å². The number of likely N-dealkylation sites (tertiary alicyclic amines) is 1. The van der Waals surface area contributed by atoms with Gasteiger partial charge in [0, 0.05) is 41.8 Å². The second-order valence-electron chi connectivity index (χ2n) is 8.42. The highest BCUT2D eigenvalue weighted by Gasteiger charge is 2.67. The van der Waals surface area contributed by atoms with Gasteiger partial charge in [0.1, 0.15) is 10.9 Å². The lowest BCUT2D eigenvalue weighted by molar-refractivity contribution is -0.139. The molecule has 2 aromatic carbocycles. The van der Waals surface area contributed by atoms with E-state index in [-0.39, 0.29) is 29.1 Å². The highest BCUT2D eigenvalue weighted by molar-refractivity contribution is 6.53. The van der Waals surface area contributed by atoms with Crippen LogP contribution in [0.25, 0.3) is 0 Å². The second-order valence-corrected chi connectivity index (χ2v) is 11.1. The van der Waals surface area contributed by atoms with Crippen LogP contribution in [0.15, 0.2) is 36.4 Å². The summed E-state index contributed by atoms with van der Waals surface area (Å²) in [5, 5.41) is 6.62. The molecule has 1 aliphatic carbocycles. The van der Waals surface area contributed by atoms with Crippen molar-refractivity contribution in [2.75, 3.05) is 32.1 Å². The molecule has 2 aliphatic rings. The number of carbonyl (C=O) groups is 3. The van der Waals surface area contributed by atoms with Gasteiger partial charge in [0.2, 0.25) is 11.8 Å². The highest BCUT2D eigenvalue weighted by Crippen LogP contribution is 2.65. The number of anilines is 1. The number of hydrogen-bond donors (Lipinski definition) is 2. The Balaban J connectivity index is 1.40. The van der Waals surface area contributed by atoms with Crippen LogP contribution in [0.5, 0.6) is 0 Å². The average molecular weight is 580 g/mol. The number of alkyl halides is 2. The highest BCUT2D eigenvalue weighted by atomic mass is 35.5. The molecule has 0 bridgehead atoms. The van der Waals surface area contributed by atoms with E-state index >= 15 is 0 Å². The van der Waals surface area contributed by atoms with Gasteiger partial charge in [0.25, 0.3) is 5.91 Å². The first-order chi connectivity index (χ1) is 16.5. The van der Waals surface area contributed by atoms with Gasteiger partial charge in [-0.3, -0.25) is 14.4 Å². The Morgan fingerprint density at radius 2 is 1.71 bits per heavy atom. The summed E-state index contributed by atoms with van der Waals surface area (Å²) in [5.41, 5.74) is 1.19. The molecule has 2 atom stereocenters. The molecule has 12 heteroatoms. The number of benzene rings is 2. The van der Waals surface area contributed by atoms with E-state index in [1.807, 2.05) is 0 Å². The number of rotatable bonds is 7. The minimum atomic E-state index is -1.33. The van der Waals surface area contributed by atoms with E-state index in [1.165, 1.54) is 19.2 Å². The fourth-order valence-corrected chi connectivity index (χ4v) is 5.65. The summed E-state index contributed by atoms with van der Waals surface area (Å²) in [6.45, 7) is 0.754. The van der Waals surface area contributed by atoms with E-state index in [2.05, 4.69) is 10.6 Å². The molecule has 2 N–H and O–H groups in total. The molecular weight excluding hydrogens is 560 g/mol. The Labute approximate surface area is 226 Å². The number of hydrogen-bond acceptors (Lipinski definition) is 4. The molecule has 186 valence electrons. The van der Waals surface area contributed by atoms with E-state index in [0.29, 0.717) is 34.4 Å². The van der Waals surface area contributed by atoms with Crippen LogP contribution in [0.4, 0.5) is 5.69 Å². The zero-order valence-electron chi connectivity index (χ0n) is 18.3. The number of halogens is 5. The quantitative estimate of drug-likeness (QED) is 0.463. The fourth-order valence-electron chi connectivity index (χ4n) is 4.07. The van der Waals surface area contributed by atoms with Crippen LogP contribution < -0.4 is 10.6 Å². The van der Waals surface area contributed by atoms with Gasteiger partial charge in [-0.1, -0.05) is 34.8 Å². The summed E-state index contributed by atoms with van der Waals surface area (Å²) < 4.78 is 3.49. The minimum Gasteiger partial charge on any atom is -0.375 e. The maximum atomic E-state index is 13.0. The van der Waals surface area contributed by atoms with Crippen molar-refractivity contribution < 1.29 is 19.1 Å². The Kier molecular flexibility index (Phi) is 7.77. The monoisotopic (exact) mass is 577 g/mol. The molecule has 1 heterocycles. The molecule has 4 rings (SSSR count). The molecule has 7 nitrogen and oxygen atoms in total. The number of nitrogens with zero attached hydrogens (tertiary/aromatic N) is 1. The Bertz CT molecular complexity index is 1170. The largest absolute Gasteiger partial charge is 0.375 e. The SMILES string of the molecule is COCC(=O)N1CC(NC(=O)c2cc(NC(=O)[C@@H]3[C@@H](c4cc(Cl)cc(Cl)c4)C3(Cl)Cl)ccc2Cl)C1. The maximum absolute atomic E-state index is 13.0. The van der Waals surface area contributed by atoms with Crippen molar-refractivity contribution in [3.8, 4) is 0 Å². The summed E-state index contributed by atoms with van der Waals surface area (Å²) in [6, 6.07) is 9.26. The normalized spacial score (nSPS) is 20.7. The summed E-state index contributed by atoms with van der Waals surface area (Å²) in [6.07, 6.45) is 0. The number of amides is 3. The number of nitrogens with one attached hydrogen (secondary N) is 2. The van der Waals surface area contributed by atoms with Gasteiger partial charge in [0.15, 0.2) is 0 Å². The molecule has 3 amide bonds. The molecular formula is C23H20Cl5N3O4. The van der Waals surface area contributed by atoms with Crippen LogP contribution in [0, 0.1) is 5.92 Å². The Morgan fingerprint density at radius 3 is 2.34 bits per heavy atom. The standard InChI is InChI=1S/C23H20Cl5N3O4/c1-35-10-18(32)31-8-15(9-31)30-21(33)16-7-14(2-3-17(16)26)29-22(34)20-19(23(20,27)28)11-4-12(24)6-13(25)5-11/h2-7,15,19-20H,8-10H2,1H3,(H,29,34)(H,30,33)/t19-,20+/m1/s1. The third-order valence-corrected chi connectivity index (χ3v) is 7.60. The molecule has 1 saturated heterocycles. The van der Waals surface area contributed by atoms with Gasteiger partial charge in [-0.15, -0.1) is 23.2 Å². The summed E-state index contributed by atoms with van der Waals surface area (Å²) in [4.78, 5) is 39.1. The van der Waals surface area contributed by atoms with Crippen molar-refractivity contribution in [3.63, 3.8) is 0 Å². The third-order valence-electron chi connectivity index (χ3n) is 5.90. The minimum absolute atomic E-state index is 0.00761. The van der Waals surface area contributed by atoms with Crippen LogP contribution >= 0.6 is 58.0 Å². The zero-order valence-corrected chi connectivity index (χ0v) is 22.1. The molecule has 2 aromatic rings. The van der Waals surface area contributed by atoms with Crippen molar-refractivity contribution in [1.82, 2.24) is 10.2 Å². The van der Waals surface area contributed by atoms with E-state index in [0.717, 1.165) is 0 Å². The van der Waals surface area contributed by atoms with Crippen LogP contribution in [0.2, 0.25) is 15.1 Å². The molecule has 1 saturated carbocycles. The van der Waals surface area contributed by atoms with Gasteiger partial charge < -0.3 is 20.3 Å². The summed E-state index contributed by atoms with van der Waals surface area (Å²) >= 11 is 31.2. The number of ether oxygens (including phenoxy) is 1.